The average Bonchev–Trinajstić information content (AvgIpc) is 2.74. The highest BCUT2D eigenvalue weighted by atomic mass is 14.8. The second-order valence-corrected chi connectivity index (χ2v) is 3.61. The summed E-state index contributed by atoms with van der Waals surface area (Å²) in [6.07, 6.45) is 5.03. The molecule has 10 heavy (non-hydrogen) atoms. The summed E-state index contributed by atoms with van der Waals surface area (Å²) in [6.45, 7) is 0. The topological polar surface area (TPSA) is 49.8 Å². The molecule has 2 heteroatoms. The fourth-order valence-electron chi connectivity index (χ4n) is 1.90. The standard InChI is InChI=1S/C8H12N2/c9-5-7(10)8(3-4-8)6-1-2-6/h6-7H,1-4,10H2. The Morgan fingerprint density at radius 2 is 2.10 bits per heavy atom. The van der Waals surface area contributed by atoms with Gasteiger partial charge in [-0.1, -0.05) is 0 Å². The summed E-state index contributed by atoms with van der Waals surface area (Å²) >= 11 is 0. The fraction of sp³-hybridized carbons (Fsp3) is 0.875. The number of hydrogen-bond donors (Lipinski definition) is 1. The Balaban J connectivity index is 2.07. The lowest BCUT2D eigenvalue weighted by Crippen LogP contribution is -2.31. The van der Waals surface area contributed by atoms with Gasteiger partial charge in [0.15, 0.2) is 0 Å². The number of nitrogens with zero attached hydrogens (tertiary/aromatic N) is 1. The first-order valence-electron chi connectivity index (χ1n) is 3.95. The van der Waals surface area contributed by atoms with Crippen LogP contribution in [-0.4, -0.2) is 6.04 Å². The molecule has 2 saturated carbocycles. The minimum Gasteiger partial charge on any atom is -0.315 e. The average molecular weight is 136 g/mol. The van der Waals surface area contributed by atoms with Gasteiger partial charge in [-0.05, 0) is 31.6 Å². The summed E-state index contributed by atoms with van der Waals surface area (Å²) in [4.78, 5) is 0. The summed E-state index contributed by atoms with van der Waals surface area (Å²) in [6, 6.07) is 1.99. The number of nitrogens with two attached hydrogens (primary N) is 1. The normalized spacial score (nSPS) is 30.8. The van der Waals surface area contributed by atoms with Gasteiger partial charge in [-0.15, -0.1) is 0 Å². The first-order valence-corrected chi connectivity index (χ1v) is 3.95. The SMILES string of the molecule is N#CC(N)C1(C2CC2)CC1. The van der Waals surface area contributed by atoms with E-state index in [1.54, 1.807) is 0 Å². The zero-order valence-electron chi connectivity index (χ0n) is 6.01. The number of nitriles is 1. The van der Waals surface area contributed by atoms with Crippen LogP contribution in [0.3, 0.4) is 0 Å². The summed E-state index contributed by atoms with van der Waals surface area (Å²) in [7, 11) is 0. The van der Waals surface area contributed by atoms with Crippen molar-refractivity contribution in [3.8, 4) is 6.07 Å². The van der Waals surface area contributed by atoms with E-state index in [2.05, 4.69) is 6.07 Å². The number of rotatable bonds is 2. The smallest absolute Gasteiger partial charge is 0.0987 e. The Morgan fingerprint density at radius 1 is 1.50 bits per heavy atom. The molecule has 0 aromatic heterocycles. The van der Waals surface area contributed by atoms with Gasteiger partial charge in [0.05, 0.1) is 12.1 Å². The van der Waals surface area contributed by atoms with Gasteiger partial charge in [0.1, 0.15) is 0 Å². The Morgan fingerprint density at radius 3 is 2.40 bits per heavy atom. The van der Waals surface area contributed by atoms with Gasteiger partial charge >= 0.3 is 0 Å². The van der Waals surface area contributed by atoms with Crippen molar-refractivity contribution in [2.24, 2.45) is 17.1 Å². The minimum atomic E-state index is -0.181. The molecule has 0 spiro atoms. The highest BCUT2D eigenvalue weighted by Crippen LogP contribution is 2.62. The van der Waals surface area contributed by atoms with Crippen LogP contribution < -0.4 is 5.73 Å². The van der Waals surface area contributed by atoms with Gasteiger partial charge in [0.2, 0.25) is 0 Å². The molecule has 2 aliphatic carbocycles. The van der Waals surface area contributed by atoms with Crippen molar-refractivity contribution < 1.29 is 0 Å². The third-order valence-corrected chi connectivity index (χ3v) is 2.98. The monoisotopic (exact) mass is 136 g/mol. The maximum atomic E-state index is 8.61. The van der Waals surface area contributed by atoms with Gasteiger partial charge in [-0.2, -0.15) is 5.26 Å². The lowest BCUT2D eigenvalue weighted by atomic mass is 9.93. The van der Waals surface area contributed by atoms with E-state index >= 15 is 0 Å². The van der Waals surface area contributed by atoms with Gasteiger partial charge < -0.3 is 5.73 Å². The molecule has 2 nitrogen and oxygen atoms in total. The van der Waals surface area contributed by atoms with Crippen LogP contribution in [-0.2, 0) is 0 Å². The van der Waals surface area contributed by atoms with Crippen LogP contribution in [0.25, 0.3) is 0 Å². The van der Waals surface area contributed by atoms with E-state index in [1.165, 1.54) is 25.7 Å². The Kier molecular flexibility index (Phi) is 1.07. The van der Waals surface area contributed by atoms with Gasteiger partial charge in [-0.3, -0.25) is 0 Å². The Labute approximate surface area is 61.0 Å². The van der Waals surface area contributed by atoms with Crippen LogP contribution in [0.2, 0.25) is 0 Å². The molecule has 2 N–H and O–H groups in total. The van der Waals surface area contributed by atoms with Crippen LogP contribution in [0.5, 0.6) is 0 Å². The van der Waals surface area contributed by atoms with Crippen LogP contribution in [0.1, 0.15) is 25.7 Å². The van der Waals surface area contributed by atoms with Crippen molar-refractivity contribution in [2.45, 2.75) is 31.7 Å². The molecule has 0 aliphatic heterocycles. The van der Waals surface area contributed by atoms with E-state index in [4.69, 9.17) is 11.0 Å². The predicted octanol–water partition coefficient (Wildman–Crippen LogP) is 1.03. The van der Waals surface area contributed by atoms with Crippen LogP contribution >= 0.6 is 0 Å². The molecule has 2 rings (SSSR count). The second kappa shape index (κ2) is 1.73. The van der Waals surface area contributed by atoms with Crippen LogP contribution in [0, 0.1) is 22.7 Å². The lowest BCUT2D eigenvalue weighted by Gasteiger charge is -2.15. The third kappa shape index (κ3) is 0.674. The maximum absolute atomic E-state index is 8.61. The molecule has 0 amide bonds. The third-order valence-electron chi connectivity index (χ3n) is 2.98. The first-order chi connectivity index (χ1) is 4.79. The van der Waals surface area contributed by atoms with Crippen molar-refractivity contribution >= 4 is 0 Å². The summed E-state index contributed by atoms with van der Waals surface area (Å²) in [5, 5.41) is 8.61. The summed E-state index contributed by atoms with van der Waals surface area (Å²) in [5.41, 5.74) is 5.98. The molecule has 0 saturated heterocycles. The molecule has 1 atom stereocenters. The molecule has 2 fully saturated rings. The second-order valence-electron chi connectivity index (χ2n) is 3.61. The summed E-state index contributed by atoms with van der Waals surface area (Å²) in [5.74, 6) is 0.808. The molecule has 1 unspecified atom stereocenters. The molecule has 0 aromatic rings. The van der Waals surface area contributed by atoms with Gasteiger partial charge in [0, 0.05) is 5.41 Å². The molecular weight excluding hydrogens is 124 g/mol. The minimum absolute atomic E-state index is 0.181. The molecule has 0 bridgehead atoms. The van der Waals surface area contributed by atoms with E-state index in [1.807, 2.05) is 0 Å². The Bertz CT molecular complexity index is 184. The number of hydrogen-bond acceptors (Lipinski definition) is 2. The van der Waals surface area contributed by atoms with Gasteiger partial charge in [-0.25, -0.2) is 0 Å². The molecule has 0 radical (unpaired) electrons. The van der Waals surface area contributed by atoms with E-state index in [0.717, 1.165) is 5.92 Å². The van der Waals surface area contributed by atoms with E-state index in [9.17, 15) is 0 Å². The predicted molar refractivity (Wildman–Crippen MR) is 38.0 cm³/mol. The maximum Gasteiger partial charge on any atom is 0.0987 e. The lowest BCUT2D eigenvalue weighted by molar-refractivity contribution is 0.399. The molecule has 0 aromatic carbocycles. The zero-order valence-corrected chi connectivity index (χ0v) is 6.01. The van der Waals surface area contributed by atoms with Crippen LogP contribution in [0.15, 0.2) is 0 Å². The van der Waals surface area contributed by atoms with E-state index in [0.29, 0.717) is 0 Å². The van der Waals surface area contributed by atoms with Crippen molar-refractivity contribution in [1.29, 1.82) is 5.26 Å². The zero-order chi connectivity index (χ0) is 7.19. The fourth-order valence-corrected chi connectivity index (χ4v) is 1.90. The van der Waals surface area contributed by atoms with Crippen molar-refractivity contribution in [1.82, 2.24) is 0 Å². The van der Waals surface area contributed by atoms with E-state index < -0.39 is 0 Å². The Hall–Kier alpha value is -0.550. The largest absolute Gasteiger partial charge is 0.315 e. The molecule has 54 valence electrons. The molecule has 0 heterocycles. The summed E-state index contributed by atoms with van der Waals surface area (Å²) < 4.78 is 0. The molecule has 2 aliphatic rings. The first kappa shape index (κ1) is 6.18. The highest BCUT2D eigenvalue weighted by molar-refractivity contribution is 5.15. The quantitative estimate of drug-likeness (QED) is 0.616. The highest BCUT2D eigenvalue weighted by Gasteiger charge is 2.57. The van der Waals surface area contributed by atoms with Crippen LogP contribution in [0.4, 0.5) is 0 Å². The van der Waals surface area contributed by atoms with E-state index in [-0.39, 0.29) is 11.5 Å². The van der Waals surface area contributed by atoms with Gasteiger partial charge in [0.25, 0.3) is 0 Å². The van der Waals surface area contributed by atoms with Crippen molar-refractivity contribution in [2.75, 3.05) is 0 Å². The van der Waals surface area contributed by atoms with Crippen molar-refractivity contribution in [3.05, 3.63) is 0 Å². The van der Waals surface area contributed by atoms with Crippen molar-refractivity contribution in [3.63, 3.8) is 0 Å². The molecular formula is C8H12N2.